The fourth-order valence-electron chi connectivity index (χ4n) is 2.77. The van der Waals surface area contributed by atoms with Crippen molar-refractivity contribution in [2.75, 3.05) is 28.4 Å². The zero-order chi connectivity index (χ0) is 20.3. The van der Waals surface area contributed by atoms with Crippen LogP contribution >= 0.6 is 0 Å². The summed E-state index contributed by atoms with van der Waals surface area (Å²) in [6, 6.07) is 8.25. The molecule has 3 rings (SSSR count). The zero-order valence-corrected chi connectivity index (χ0v) is 17.3. The van der Waals surface area contributed by atoms with Crippen molar-refractivity contribution in [1.82, 2.24) is 7.96 Å². The van der Waals surface area contributed by atoms with Gasteiger partial charge in [-0.1, -0.05) is 0 Å². The van der Waals surface area contributed by atoms with Gasteiger partial charge in [-0.15, -0.1) is 0 Å². The Kier molecular flexibility index (Phi) is 5.81. The molecule has 0 saturated heterocycles. The predicted molar refractivity (Wildman–Crippen MR) is 103 cm³/mol. The molecule has 1 aromatic heterocycles. The van der Waals surface area contributed by atoms with Crippen LogP contribution in [0.1, 0.15) is 0 Å². The van der Waals surface area contributed by atoms with Crippen LogP contribution in [0.5, 0.6) is 23.0 Å². The molecule has 9 nitrogen and oxygen atoms in total. The maximum absolute atomic E-state index is 11.3. The van der Waals surface area contributed by atoms with E-state index in [0.29, 0.717) is 39.8 Å². The predicted octanol–water partition coefficient (Wildman–Crippen LogP) is 2.81. The minimum atomic E-state index is -0.487. The molecule has 0 aliphatic heterocycles. The average molecular weight is 450 g/mol. The third-order valence-corrected chi connectivity index (χ3v) is 5.18. The summed E-state index contributed by atoms with van der Waals surface area (Å²) in [5.41, 5.74) is 2.34. The van der Waals surface area contributed by atoms with Crippen molar-refractivity contribution in [3.05, 3.63) is 40.4 Å². The van der Waals surface area contributed by atoms with E-state index in [1.54, 1.807) is 24.3 Å². The number of nitro groups is 1. The molecule has 0 aliphatic carbocycles. The van der Waals surface area contributed by atoms with E-state index in [-0.39, 0.29) is 26.4 Å². The van der Waals surface area contributed by atoms with Crippen LogP contribution in [0.4, 0.5) is 5.69 Å². The first-order valence-corrected chi connectivity index (χ1v) is 9.53. The second-order valence-electron chi connectivity index (χ2n) is 5.52. The number of nitrogens with zero attached hydrogens (tertiary/aromatic N) is 3. The topological polar surface area (TPSA) is 106 Å². The van der Waals surface area contributed by atoms with Crippen LogP contribution in [-0.4, -0.2) is 56.3 Å². The molecular weight excluding hydrogens is 433 g/mol. The van der Waals surface area contributed by atoms with Gasteiger partial charge >= 0.3 is 167 Å². The molecule has 0 N–H and O–H groups in total. The summed E-state index contributed by atoms with van der Waals surface area (Å²) in [5, 5.41) is 11.3. The number of nitro benzene ring substituents is 1. The van der Waals surface area contributed by atoms with Gasteiger partial charge in [-0.05, 0) is 0 Å². The molecule has 0 bridgehead atoms. The molecule has 0 fully saturated rings. The van der Waals surface area contributed by atoms with Crippen molar-refractivity contribution < 1.29 is 23.9 Å². The molecule has 0 unspecified atom stereocenters. The SMILES string of the molecule is COc1ccc(-c2n[se]nc2-c2cc(OC)c(OC)c(OC)c2)cc1[N+](=O)[O-]. The summed E-state index contributed by atoms with van der Waals surface area (Å²) >= 11 is -0.361. The summed E-state index contributed by atoms with van der Waals surface area (Å²) in [7, 11) is 5.98. The molecule has 28 heavy (non-hydrogen) atoms. The van der Waals surface area contributed by atoms with Gasteiger partial charge in [0, 0.05) is 0 Å². The van der Waals surface area contributed by atoms with Crippen LogP contribution in [0.3, 0.4) is 0 Å². The van der Waals surface area contributed by atoms with Crippen molar-refractivity contribution in [3.63, 3.8) is 0 Å². The summed E-state index contributed by atoms with van der Waals surface area (Å²) in [6.45, 7) is 0. The van der Waals surface area contributed by atoms with Crippen LogP contribution in [0.25, 0.3) is 22.5 Å². The molecule has 146 valence electrons. The standard InChI is InChI=1S/C18H17N3O6Se/c1-24-13-6-5-10(7-12(13)21(22)23)16-17(20-28-19-16)11-8-14(25-2)18(27-4)15(9-11)26-3/h5-9H,1-4H3. The molecule has 10 heteroatoms. The number of benzene rings is 2. The zero-order valence-electron chi connectivity index (χ0n) is 15.6. The van der Waals surface area contributed by atoms with Crippen molar-refractivity contribution in [3.8, 4) is 45.5 Å². The molecule has 0 saturated carbocycles. The van der Waals surface area contributed by atoms with E-state index >= 15 is 0 Å². The van der Waals surface area contributed by atoms with Gasteiger partial charge in [0.1, 0.15) is 0 Å². The molecule has 0 spiro atoms. The Hall–Kier alpha value is -3.10. The number of hydrogen-bond acceptors (Lipinski definition) is 8. The summed E-state index contributed by atoms with van der Waals surface area (Å²) in [5.74, 6) is 1.62. The Bertz CT molecular complexity index is 995. The Morgan fingerprint density at radius 3 is 1.89 bits per heavy atom. The fraction of sp³-hybridized carbons (Fsp3) is 0.222. The summed E-state index contributed by atoms with van der Waals surface area (Å²) < 4.78 is 30.2. The molecular formula is C18H17N3O6Se. The molecule has 1 heterocycles. The Morgan fingerprint density at radius 2 is 1.39 bits per heavy atom. The first-order chi connectivity index (χ1) is 13.5. The quantitative estimate of drug-likeness (QED) is 0.307. The number of hydrogen-bond donors (Lipinski definition) is 0. The van der Waals surface area contributed by atoms with E-state index in [0.717, 1.165) is 0 Å². The number of methoxy groups -OCH3 is 4. The second kappa shape index (κ2) is 8.28. The minimum absolute atomic E-state index is 0.133. The third kappa shape index (κ3) is 3.51. The van der Waals surface area contributed by atoms with E-state index < -0.39 is 4.92 Å². The van der Waals surface area contributed by atoms with Gasteiger partial charge in [0.05, 0.1) is 0 Å². The van der Waals surface area contributed by atoms with E-state index in [4.69, 9.17) is 18.9 Å². The van der Waals surface area contributed by atoms with Gasteiger partial charge in [-0.25, -0.2) is 0 Å². The fourth-order valence-corrected chi connectivity index (χ4v) is 4.00. The summed E-state index contributed by atoms with van der Waals surface area (Å²) in [6.07, 6.45) is 0. The molecule has 0 amide bonds. The average Bonchev–Trinajstić information content (AvgIpc) is 3.21. The first-order valence-electron chi connectivity index (χ1n) is 7.99. The first kappa shape index (κ1) is 19.7. The van der Waals surface area contributed by atoms with Crippen LogP contribution < -0.4 is 18.9 Å². The van der Waals surface area contributed by atoms with Crippen LogP contribution in [0.2, 0.25) is 0 Å². The molecule has 0 radical (unpaired) electrons. The van der Waals surface area contributed by atoms with Crippen molar-refractivity contribution in [2.45, 2.75) is 0 Å². The molecule has 0 aliphatic rings. The van der Waals surface area contributed by atoms with E-state index in [1.165, 1.54) is 34.5 Å². The van der Waals surface area contributed by atoms with Crippen LogP contribution in [0, 0.1) is 10.1 Å². The van der Waals surface area contributed by atoms with Gasteiger partial charge in [-0.2, -0.15) is 0 Å². The Morgan fingerprint density at radius 1 is 0.821 bits per heavy atom. The molecule has 2 aromatic carbocycles. The maximum atomic E-state index is 11.3. The van der Waals surface area contributed by atoms with Crippen molar-refractivity contribution >= 4 is 20.6 Å². The molecule has 3 aromatic rings. The number of rotatable bonds is 7. The monoisotopic (exact) mass is 451 g/mol. The van der Waals surface area contributed by atoms with Gasteiger partial charge in [0.2, 0.25) is 0 Å². The normalized spacial score (nSPS) is 10.4. The van der Waals surface area contributed by atoms with Gasteiger partial charge < -0.3 is 0 Å². The Labute approximate surface area is 167 Å². The molecule has 0 atom stereocenters. The second-order valence-corrected chi connectivity index (χ2v) is 6.63. The van der Waals surface area contributed by atoms with Crippen molar-refractivity contribution in [1.29, 1.82) is 0 Å². The van der Waals surface area contributed by atoms with Crippen LogP contribution in [0.15, 0.2) is 30.3 Å². The summed E-state index contributed by atoms with van der Waals surface area (Å²) in [4.78, 5) is 10.9. The van der Waals surface area contributed by atoms with Crippen LogP contribution in [-0.2, 0) is 0 Å². The van der Waals surface area contributed by atoms with Gasteiger partial charge in [0.25, 0.3) is 0 Å². The van der Waals surface area contributed by atoms with E-state index in [9.17, 15) is 10.1 Å². The van der Waals surface area contributed by atoms with Crippen molar-refractivity contribution in [2.24, 2.45) is 0 Å². The van der Waals surface area contributed by atoms with Gasteiger partial charge in [-0.3, -0.25) is 0 Å². The Balaban J connectivity index is 2.16. The number of aromatic nitrogens is 2. The third-order valence-electron chi connectivity index (χ3n) is 4.08. The van der Waals surface area contributed by atoms with E-state index in [1.807, 2.05) is 0 Å². The van der Waals surface area contributed by atoms with E-state index in [2.05, 4.69) is 7.96 Å². The number of ether oxygens (including phenoxy) is 4. The van der Waals surface area contributed by atoms with Gasteiger partial charge in [0.15, 0.2) is 0 Å².